The van der Waals surface area contributed by atoms with E-state index in [2.05, 4.69) is 91.0 Å². The van der Waals surface area contributed by atoms with E-state index >= 15 is 0 Å². The molecule has 2 nitrogen and oxygen atoms in total. The van der Waals surface area contributed by atoms with Gasteiger partial charge in [0.05, 0.1) is 6.61 Å². The molecule has 2 heteroatoms. The van der Waals surface area contributed by atoms with Crippen LogP contribution in [0, 0.1) is 0 Å². The second-order valence-electron chi connectivity index (χ2n) is 8.09. The predicted molar refractivity (Wildman–Crippen MR) is 134 cm³/mol. The molecular formula is C30H22O2. The maximum Gasteiger partial charge on any atom is 0.127 e. The van der Waals surface area contributed by atoms with Crippen LogP contribution in [-0.4, -0.2) is 18.3 Å². The van der Waals surface area contributed by atoms with Gasteiger partial charge in [-0.25, -0.2) is 0 Å². The first-order chi connectivity index (χ1) is 15.8. The van der Waals surface area contributed by atoms with Crippen LogP contribution in [0.5, 0.6) is 5.75 Å². The van der Waals surface area contributed by atoms with Crippen molar-refractivity contribution in [2.24, 2.45) is 0 Å². The number of hydrogen-bond acceptors (Lipinski definition) is 2. The fourth-order valence-electron chi connectivity index (χ4n) is 4.91. The maximum atomic E-state index is 9.42. The summed E-state index contributed by atoms with van der Waals surface area (Å²) >= 11 is 0. The largest absolute Gasteiger partial charge is 0.491 e. The average molecular weight is 415 g/mol. The molecule has 0 aliphatic rings. The van der Waals surface area contributed by atoms with Crippen molar-refractivity contribution in [3.05, 3.63) is 103 Å². The molecule has 0 heterocycles. The van der Waals surface area contributed by atoms with Crippen molar-refractivity contribution >= 4 is 43.1 Å². The van der Waals surface area contributed by atoms with Crippen LogP contribution in [-0.2, 0) is 0 Å². The minimum Gasteiger partial charge on any atom is -0.491 e. The van der Waals surface area contributed by atoms with Gasteiger partial charge in [-0.1, -0.05) is 84.9 Å². The number of benzene rings is 6. The normalized spacial score (nSPS) is 11.5. The molecule has 0 aromatic heterocycles. The van der Waals surface area contributed by atoms with Crippen LogP contribution in [0.1, 0.15) is 0 Å². The van der Waals surface area contributed by atoms with E-state index < -0.39 is 0 Å². The summed E-state index contributed by atoms with van der Waals surface area (Å²) in [6.45, 7) is 0.248. The second kappa shape index (κ2) is 7.67. The van der Waals surface area contributed by atoms with Crippen molar-refractivity contribution < 1.29 is 9.84 Å². The highest BCUT2D eigenvalue weighted by molar-refractivity contribution is 6.24. The van der Waals surface area contributed by atoms with Crippen LogP contribution in [0.15, 0.2) is 103 Å². The molecule has 0 saturated heterocycles. The minimum absolute atomic E-state index is 0.0174. The monoisotopic (exact) mass is 414 g/mol. The third kappa shape index (κ3) is 2.92. The van der Waals surface area contributed by atoms with Crippen molar-refractivity contribution in [1.82, 2.24) is 0 Å². The van der Waals surface area contributed by atoms with Gasteiger partial charge < -0.3 is 9.84 Å². The van der Waals surface area contributed by atoms with Crippen molar-refractivity contribution in [1.29, 1.82) is 0 Å². The highest BCUT2D eigenvalue weighted by Crippen LogP contribution is 2.46. The van der Waals surface area contributed by atoms with Gasteiger partial charge in [0.1, 0.15) is 12.4 Å². The SMILES string of the molecule is OCCOc1cccc2cc3ccccc3c(-c3c4ccccc4cc4ccccc34)c12. The molecular weight excluding hydrogens is 392 g/mol. The standard InChI is InChI=1S/C30H22O2/c31-16-17-32-27-15-7-11-23-19-22-10-3-6-14-26(22)30(28(23)27)29-24-12-4-1-8-20(24)18-21-9-2-5-13-25(21)29/h1-15,18-19,31H,16-17H2. The van der Waals surface area contributed by atoms with Gasteiger partial charge in [-0.2, -0.15) is 0 Å². The summed E-state index contributed by atoms with van der Waals surface area (Å²) in [6.07, 6.45) is 0. The lowest BCUT2D eigenvalue weighted by atomic mass is 9.86. The molecule has 154 valence electrons. The summed E-state index contributed by atoms with van der Waals surface area (Å²) in [5.41, 5.74) is 2.40. The zero-order valence-corrected chi connectivity index (χ0v) is 17.6. The van der Waals surface area contributed by atoms with Gasteiger partial charge in [-0.3, -0.25) is 0 Å². The molecule has 0 atom stereocenters. The summed E-state index contributed by atoms with van der Waals surface area (Å²) in [5, 5.41) is 18.9. The fourth-order valence-corrected chi connectivity index (χ4v) is 4.91. The Labute approximate surface area is 186 Å². The zero-order valence-electron chi connectivity index (χ0n) is 17.6. The second-order valence-corrected chi connectivity index (χ2v) is 8.09. The van der Waals surface area contributed by atoms with Gasteiger partial charge in [0.2, 0.25) is 0 Å². The lowest BCUT2D eigenvalue weighted by molar-refractivity contribution is 0.203. The zero-order chi connectivity index (χ0) is 21.5. The third-order valence-corrected chi connectivity index (χ3v) is 6.22. The smallest absolute Gasteiger partial charge is 0.127 e. The maximum absolute atomic E-state index is 9.42. The van der Waals surface area contributed by atoms with E-state index in [1.165, 1.54) is 43.4 Å². The Morgan fingerprint density at radius 3 is 1.62 bits per heavy atom. The summed E-state index contributed by atoms with van der Waals surface area (Å²) in [6, 6.07) is 36.4. The van der Waals surface area contributed by atoms with Crippen LogP contribution in [0.3, 0.4) is 0 Å². The van der Waals surface area contributed by atoms with Crippen molar-refractivity contribution in [2.45, 2.75) is 0 Å². The highest BCUT2D eigenvalue weighted by Gasteiger charge is 2.18. The van der Waals surface area contributed by atoms with E-state index in [1.54, 1.807) is 0 Å². The topological polar surface area (TPSA) is 29.5 Å². The van der Waals surface area contributed by atoms with E-state index in [9.17, 15) is 5.11 Å². The minimum atomic E-state index is -0.0174. The Morgan fingerprint density at radius 2 is 1.03 bits per heavy atom. The number of aliphatic hydroxyl groups is 1. The van der Waals surface area contributed by atoms with Crippen LogP contribution in [0.2, 0.25) is 0 Å². The summed E-state index contributed by atoms with van der Waals surface area (Å²) in [5.74, 6) is 0.800. The first kappa shape index (κ1) is 18.9. The molecule has 1 N–H and O–H groups in total. The summed E-state index contributed by atoms with van der Waals surface area (Å²) in [7, 11) is 0. The van der Waals surface area contributed by atoms with Crippen LogP contribution < -0.4 is 4.74 Å². The summed E-state index contributed by atoms with van der Waals surface area (Å²) in [4.78, 5) is 0. The number of ether oxygens (including phenoxy) is 1. The van der Waals surface area contributed by atoms with E-state index in [4.69, 9.17) is 4.74 Å². The molecule has 0 aliphatic heterocycles. The molecule has 0 saturated carbocycles. The first-order valence-corrected chi connectivity index (χ1v) is 10.9. The molecule has 6 aromatic carbocycles. The molecule has 6 rings (SSSR count). The molecule has 0 fully saturated rings. The lowest BCUT2D eigenvalue weighted by Crippen LogP contribution is -2.02. The van der Waals surface area contributed by atoms with Crippen molar-refractivity contribution in [3.63, 3.8) is 0 Å². The molecule has 0 radical (unpaired) electrons. The molecule has 0 amide bonds. The van der Waals surface area contributed by atoms with E-state index in [0.29, 0.717) is 0 Å². The van der Waals surface area contributed by atoms with E-state index in [-0.39, 0.29) is 13.2 Å². The Morgan fingerprint density at radius 1 is 0.531 bits per heavy atom. The molecule has 0 bridgehead atoms. The fraction of sp³-hybridized carbons (Fsp3) is 0.0667. The average Bonchev–Trinajstić information content (AvgIpc) is 2.85. The van der Waals surface area contributed by atoms with E-state index in [0.717, 1.165) is 16.5 Å². The number of rotatable bonds is 4. The quantitative estimate of drug-likeness (QED) is 0.306. The molecule has 0 spiro atoms. The van der Waals surface area contributed by atoms with Gasteiger partial charge in [0.15, 0.2) is 0 Å². The number of aliphatic hydroxyl groups excluding tert-OH is 1. The van der Waals surface area contributed by atoms with Gasteiger partial charge in [-0.15, -0.1) is 0 Å². The van der Waals surface area contributed by atoms with Crippen molar-refractivity contribution in [3.8, 4) is 16.9 Å². The summed E-state index contributed by atoms with van der Waals surface area (Å²) < 4.78 is 6.05. The number of fused-ring (bicyclic) bond motifs is 4. The molecule has 0 unspecified atom stereocenters. The lowest BCUT2D eigenvalue weighted by Gasteiger charge is -2.19. The first-order valence-electron chi connectivity index (χ1n) is 10.9. The van der Waals surface area contributed by atoms with Gasteiger partial charge in [0.25, 0.3) is 0 Å². The van der Waals surface area contributed by atoms with Gasteiger partial charge >= 0.3 is 0 Å². The molecule has 32 heavy (non-hydrogen) atoms. The molecule has 6 aromatic rings. The van der Waals surface area contributed by atoms with E-state index in [1.807, 2.05) is 12.1 Å². The van der Waals surface area contributed by atoms with Crippen LogP contribution in [0.25, 0.3) is 54.2 Å². The Balaban J connectivity index is 1.88. The van der Waals surface area contributed by atoms with Crippen LogP contribution in [0.4, 0.5) is 0 Å². The van der Waals surface area contributed by atoms with Gasteiger partial charge in [-0.05, 0) is 61.5 Å². The predicted octanol–water partition coefficient (Wildman–Crippen LogP) is 7.34. The highest BCUT2D eigenvalue weighted by atomic mass is 16.5. The molecule has 0 aliphatic carbocycles. The Hall–Kier alpha value is -3.88. The van der Waals surface area contributed by atoms with Crippen molar-refractivity contribution in [2.75, 3.05) is 13.2 Å². The third-order valence-electron chi connectivity index (χ3n) is 6.22. The Bertz CT molecular complexity index is 1560. The Kier molecular flexibility index (Phi) is 4.52. The van der Waals surface area contributed by atoms with Crippen LogP contribution >= 0.6 is 0 Å². The van der Waals surface area contributed by atoms with Gasteiger partial charge in [0, 0.05) is 10.9 Å². The number of hydrogen-bond donors (Lipinski definition) is 1.